The Hall–Kier alpha value is -1.72. The fraction of sp³-hybridized carbons (Fsp3) is 0.0833. The highest BCUT2D eigenvalue weighted by atomic mass is 35.5. The molecule has 0 atom stereocenters. The Morgan fingerprint density at radius 2 is 2.07 bits per heavy atom. The summed E-state index contributed by atoms with van der Waals surface area (Å²) in [5.41, 5.74) is 1.90. The second-order valence-electron chi connectivity index (χ2n) is 3.24. The molecule has 0 bridgehead atoms. The molecule has 74 valence electrons. The van der Waals surface area contributed by atoms with Crippen LogP contribution < -0.4 is 0 Å². The minimum Gasteiger partial charge on any atom is -0.446 e. The van der Waals surface area contributed by atoms with Gasteiger partial charge in [-0.15, -0.1) is 0 Å². The van der Waals surface area contributed by atoms with Gasteiger partial charge in [0.15, 0.2) is 0 Å². The number of furan rings is 1. The van der Waals surface area contributed by atoms with Crippen molar-refractivity contribution in [3.63, 3.8) is 0 Å². The fourth-order valence-electron chi connectivity index (χ4n) is 1.30. The van der Waals surface area contributed by atoms with Gasteiger partial charge in [-0.05, 0) is 30.7 Å². The van der Waals surface area contributed by atoms with Crippen LogP contribution in [0.4, 0.5) is 0 Å². The Balaban J connectivity index is 2.46. The van der Waals surface area contributed by atoms with Crippen molar-refractivity contribution in [1.29, 1.82) is 5.26 Å². The van der Waals surface area contributed by atoms with Crippen LogP contribution in [0, 0.1) is 18.3 Å². The number of aryl methyl sites for hydroxylation is 1. The number of nitriles is 1. The molecule has 2 nitrogen and oxygen atoms in total. The van der Waals surface area contributed by atoms with Crippen LogP contribution in [-0.4, -0.2) is 0 Å². The number of rotatable bonds is 1. The summed E-state index contributed by atoms with van der Waals surface area (Å²) in [7, 11) is 0. The Morgan fingerprint density at radius 1 is 1.27 bits per heavy atom. The third-order valence-corrected chi connectivity index (χ3v) is 2.58. The molecule has 0 saturated carbocycles. The van der Waals surface area contributed by atoms with Crippen LogP contribution in [0.5, 0.6) is 0 Å². The molecule has 0 N–H and O–H groups in total. The molecule has 0 radical (unpaired) electrons. The molecule has 0 aliphatic carbocycles. The van der Waals surface area contributed by atoms with Crippen molar-refractivity contribution < 1.29 is 4.42 Å². The highest BCUT2D eigenvalue weighted by molar-refractivity contribution is 6.31. The van der Waals surface area contributed by atoms with E-state index in [9.17, 15) is 0 Å². The predicted molar refractivity (Wildman–Crippen MR) is 58.6 cm³/mol. The molecule has 0 amide bonds. The average Bonchev–Trinajstić information content (AvgIpc) is 2.70. The third-order valence-electron chi connectivity index (χ3n) is 2.17. The van der Waals surface area contributed by atoms with E-state index in [0.717, 1.165) is 11.1 Å². The molecular formula is C12H8ClNO. The molecule has 2 aromatic rings. The largest absolute Gasteiger partial charge is 0.446 e. The number of hydrogen-bond acceptors (Lipinski definition) is 2. The lowest BCUT2D eigenvalue weighted by Gasteiger charge is -2.00. The molecule has 15 heavy (non-hydrogen) atoms. The maximum absolute atomic E-state index is 8.63. The predicted octanol–water partition coefficient (Wildman–Crippen LogP) is 3.78. The summed E-state index contributed by atoms with van der Waals surface area (Å²) in [4.78, 5) is 0. The Morgan fingerprint density at radius 3 is 2.67 bits per heavy atom. The van der Waals surface area contributed by atoms with Crippen molar-refractivity contribution in [2.24, 2.45) is 0 Å². The van der Waals surface area contributed by atoms with Gasteiger partial charge in [0, 0.05) is 10.6 Å². The van der Waals surface area contributed by atoms with Gasteiger partial charge in [-0.3, -0.25) is 0 Å². The first-order chi connectivity index (χ1) is 7.20. The molecule has 0 aliphatic heterocycles. The van der Waals surface area contributed by atoms with E-state index in [4.69, 9.17) is 21.3 Å². The summed E-state index contributed by atoms with van der Waals surface area (Å²) >= 11 is 6.00. The molecule has 1 heterocycles. The molecule has 1 aromatic carbocycles. The van der Waals surface area contributed by atoms with E-state index < -0.39 is 0 Å². The van der Waals surface area contributed by atoms with E-state index in [2.05, 4.69) is 0 Å². The number of nitrogens with zero attached hydrogens (tertiary/aromatic N) is 1. The minimum atomic E-state index is 0.307. The second kappa shape index (κ2) is 3.80. The number of halogens is 1. The van der Waals surface area contributed by atoms with Crippen molar-refractivity contribution in [3.05, 3.63) is 46.7 Å². The van der Waals surface area contributed by atoms with Crippen molar-refractivity contribution in [1.82, 2.24) is 0 Å². The minimum absolute atomic E-state index is 0.307. The summed E-state index contributed by atoms with van der Waals surface area (Å²) in [5.74, 6) is 0.968. The average molecular weight is 218 g/mol. The molecule has 0 unspecified atom stereocenters. The summed E-state index contributed by atoms with van der Waals surface area (Å²) in [6.07, 6.45) is 0. The van der Waals surface area contributed by atoms with Gasteiger partial charge in [0.2, 0.25) is 5.76 Å². The van der Waals surface area contributed by atoms with Gasteiger partial charge in [0.1, 0.15) is 11.8 Å². The zero-order valence-electron chi connectivity index (χ0n) is 8.12. The monoisotopic (exact) mass is 217 g/mol. The van der Waals surface area contributed by atoms with Gasteiger partial charge in [0.25, 0.3) is 0 Å². The van der Waals surface area contributed by atoms with Crippen LogP contribution in [-0.2, 0) is 0 Å². The van der Waals surface area contributed by atoms with Crippen molar-refractivity contribution in [2.75, 3.05) is 0 Å². The molecular weight excluding hydrogens is 210 g/mol. The molecule has 3 heteroatoms. The van der Waals surface area contributed by atoms with Crippen molar-refractivity contribution >= 4 is 11.6 Å². The Bertz CT molecular complexity index is 537. The van der Waals surface area contributed by atoms with Crippen LogP contribution in [0.1, 0.15) is 11.3 Å². The van der Waals surface area contributed by atoms with Gasteiger partial charge in [0.05, 0.1) is 0 Å². The van der Waals surface area contributed by atoms with E-state index in [1.165, 1.54) is 0 Å². The molecule has 2 rings (SSSR count). The highest BCUT2D eigenvalue weighted by Crippen LogP contribution is 2.26. The van der Waals surface area contributed by atoms with Crippen molar-refractivity contribution in [3.8, 4) is 17.4 Å². The topological polar surface area (TPSA) is 36.9 Å². The lowest BCUT2D eigenvalue weighted by Crippen LogP contribution is -1.77. The first kappa shape index (κ1) is 9.82. The Kier molecular flexibility index (Phi) is 2.49. The van der Waals surface area contributed by atoms with Crippen LogP contribution in [0.3, 0.4) is 0 Å². The van der Waals surface area contributed by atoms with Crippen LogP contribution >= 0.6 is 11.6 Å². The number of hydrogen-bond donors (Lipinski definition) is 0. The first-order valence-electron chi connectivity index (χ1n) is 4.47. The summed E-state index contributed by atoms with van der Waals surface area (Å²) in [5, 5.41) is 9.32. The zero-order chi connectivity index (χ0) is 10.8. The molecule has 0 saturated heterocycles. The quantitative estimate of drug-likeness (QED) is 0.729. The third kappa shape index (κ3) is 1.88. The van der Waals surface area contributed by atoms with Gasteiger partial charge in [-0.2, -0.15) is 5.26 Å². The molecule has 1 aromatic heterocycles. The summed E-state index contributed by atoms with van der Waals surface area (Å²) < 4.78 is 5.29. The van der Waals surface area contributed by atoms with Gasteiger partial charge in [-0.1, -0.05) is 23.7 Å². The Labute approximate surface area is 92.7 Å². The highest BCUT2D eigenvalue weighted by Gasteiger charge is 2.05. The van der Waals surface area contributed by atoms with E-state index in [1.807, 2.05) is 31.2 Å². The first-order valence-corrected chi connectivity index (χ1v) is 4.85. The normalized spacial score (nSPS) is 9.93. The van der Waals surface area contributed by atoms with E-state index in [0.29, 0.717) is 16.5 Å². The van der Waals surface area contributed by atoms with Crippen LogP contribution in [0.15, 0.2) is 34.7 Å². The van der Waals surface area contributed by atoms with Gasteiger partial charge in [-0.25, -0.2) is 0 Å². The van der Waals surface area contributed by atoms with E-state index in [1.54, 1.807) is 12.1 Å². The summed E-state index contributed by atoms with van der Waals surface area (Å²) in [6.45, 7) is 1.94. The van der Waals surface area contributed by atoms with Gasteiger partial charge >= 0.3 is 0 Å². The summed E-state index contributed by atoms with van der Waals surface area (Å²) in [6, 6.07) is 11.0. The lowest BCUT2D eigenvalue weighted by molar-refractivity contribution is 0.567. The van der Waals surface area contributed by atoms with E-state index >= 15 is 0 Å². The number of benzene rings is 1. The van der Waals surface area contributed by atoms with E-state index in [-0.39, 0.29) is 0 Å². The SMILES string of the molecule is Cc1ccc(-c2ccc(C#N)o2)cc1Cl. The van der Waals surface area contributed by atoms with Crippen LogP contribution in [0.25, 0.3) is 11.3 Å². The maximum Gasteiger partial charge on any atom is 0.204 e. The smallest absolute Gasteiger partial charge is 0.204 e. The van der Waals surface area contributed by atoms with Crippen LogP contribution in [0.2, 0.25) is 5.02 Å². The molecule has 0 aliphatic rings. The van der Waals surface area contributed by atoms with Crippen molar-refractivity contribution in [2.45, 2.75) is 6.92 Å². The second-order valence-corrected chi connectivity index (χ2v) is 3.65. The fourth-order valence-corrected chi connectivity index (χ4v) is 1.48. The molecule has 0 fully saturated rings. The zero-order valence-corrected chi connectivity index (χ0v) is 8.88. The van der Waals surface area contributed by atoms with Gasteiger partial charge < -0.3 is 4.42 Å². The molecule has 0 spiro atoms. The maximum atomic E-state index is 8.63. The standard InChI is InChI=1S/C12H8ClNO/c1-8-2-3-9(6-11(8)13)12-5-4-10(7-14)15-12/h2-6H,1H3. The lowest BCUT2D eigenvalue weighted by atomic mass is 10.1.